The average Bonchev–Trinajstić information content (AvgIpc) is 3.01. The van der Waals surface area contributed by atoms with Gasteiger partial charge in [0.2, 0.25) is 0 Å². The van der Waals surface area contributed by atoms with E-state index in [0.717, 1.165) is 10.0 Å². The lowest BCUT2D eigenvalue weighted by atomic mass is 10.1. The normalized spacial score (nSPS) is 10.6. The smallest absolute Gasteiger partial charge is 0.251 e. The van der Waals surface area contributed by atoms with Crippen LogP contribution in [0.2, 0.25) is 5.15 Å². The van der Waals surface area contributed by atoms with E-state index in [9.17, 15) is 4.79 Å². The number of aryl methyl sites for hydroxylation is 1. The van der Waals surface area contributed by atoms with E-state index in [1.807, 2.05) is 24.3 Å². The average molecular weight is 407 g/mol. The predicted octanol–water partition coefficient (Wildman–Crippen LogP) is 4.39. The van der Waals surface area contributed by atoms with E-state index in [1.165, 1.54) is 6.07 Å². The summed E-state index contributed by atoms with van der Waals surface area (Å²) < 4.78 is 6.21. The first-order chi connectivity index (χ1) is 11.5. The van der Waals surface area contributed by atoms with Gasteiger partial charge in [0.15, 0.2) is 5.76 Å². The van der Waals surface area contributed by atoms with E-state index < -0.39 is 0 Å². The van der Waals surface area contributed by atoms with Crippen LogP contribution in [0, 0.1) is 6.92 Å². The second kappa shape index (κ2) is 7.15. The number of benzene rings is 1. The molecule has 0 aliphatic rings. The number of nitrogens with zero attached hydrogens (tertiary/aromatic N) is 2. The van der Waals surface area contributed by atoms with Gasteiger partial charge in [0.05, 0.1) is 6.54 Å². The van der Waals surface area contributed by atoms with Crippen LogP contribution in [0.15, 0.2) is 51.5 Å². The first-order valence-electron chi connectivity index (χ1n) is 7.16. The van der Waals surface area contributed by atoms with Crippen molar-refractivity contribution in [1.29, 1.82) is 0 Å². The molecule has 0 fully saturated rings. The Hall–Kier alpha value is -2.18. The highest BCUT2D eigenvalue weighted by Gasteiger charge is 2.12. The van der Waals surface area contributed by atoms with Gasteiger partial charge >= 0.3 is 0 Å². The molecule has 2 heterocycles. The molecule has 24 heavy (non-hydrogen) atoms. The van der Waals surface area contributed by atoms with Crippen LogP contribution in [0.1, 0.15) is 21.8 Å². The van der Waals surface area contributed by atoms with Gasteiger partial charge in [0.25, 0.3) is 5.91 Å². The number of hydrogen-bond donors (Lipinski definition) is 1. The topological polar surface area (TPSA) is 68.0 Å². The Bertz CT molecular complexity index is 875. The first kappa shape index (κ1) is 16.7. The van der Waals surface area contributed by atoms with Crippen LogP contribution in [-0.4, -0.2) is 16.0 Å². The molecule has 0 spiro atoms. The van der Waals surface area contributed by atoms with E-state index in [2.05, 4.69) is 31.4 Å². The third-order valence-electron chi connectivity index (χ3n) is 3.32. The minimum Gasteiger partial charge on any atom is -0.359 e. The Labute approximate surface area is 152 Å². The van der Waals surface area contributed by atoms with Crippen molar-refractivity contribution < 1.29 is 9.32 Å². The molecule has 5 nitrogen and oxygen atoms in total. The van der Waals surface area contributed by atoms with Gasteiger partial charge < -0.3 is 9.84 Å². The number of aromatic nitrogens is 2. The molecule has 122 valence electrons. The first-order valence-corrected chi connectivity index (χ1v) is 8.33. The molecule has 1 N–H and O–H groups in total. The van der Waals surface area contributed by atoms with Crippen LogP contribution < -0.4 is 5.32 Å². The van der Waals surface area contributed by atoms with E-state index in [1.54, 1.807) is 19.1 Å². The maximum Gasteiger partial charge on any atom is 0.251 e. The zero-order valence-electron chi connectivity index (χ0n) is 12.7. The van der Waals surface area contributed by atoms with Crippen molar-refractivity contribution >= 4 is 33.4 Å². The van der Waals surface area contributed by atoms with Crippen molar-refractivity contribution in [2.75, 3.05) is 0 Å². The van der Waals surface area contributed by atoms with Crippen molar-refractivity contribution in [3.63, 3.8) is 0 Å². The molecule has 0 aliphatic carbocycles. The number of amides is 1. The molecule has 0 saturated carbocycles. The Morgan fingerprint density at radius 3 is 2.83 bits per heavy atom. The number of carbonyl (C=O) groups excluding carboxylic acids is 1. The quantitative estimate of drug-likeness (QED) is 0.652. The molecular formula is C17H13BrClN3O2. The zero-order valence-corrected chi connectivity index (χ0v) is 15.1. The largest absolute Gasteiger partial charge is 0.359 e. The summed E-state index contributed by atoms with van der Waals surface area (Å²) in [5.74, 6) is 0.312. The molecule has 0 bridgehead atoms. The van der Waals surface area contributed by atoms with Crippen LogP contribution in [0.25, 0.3) is 11.3 Å². The van der Waals surface area contributed by atoms with Gasteiger partial charge in [-0.1, -0.05) is 50.9 Å². The molecule has 3 rings (SSSR count). The SMILES string of the molecule is Cc1cc(C(=O)NCc2cc(-c3ccccc3Br)no2)cc(Cl)n1. The molecule has 0 saturated heterocycles. The van der Waals surface area contributed by atoms with Crippen molar-refractivity contribution in [3.05, 3.63) is 69.1 Å². The third kappa shape index (κ3) is 3.83. The third-order valence-corrected chi connectivity index (χ3v) is 4.20. The summed E-state index contributed by atoms with van der Waals surface area (Å²) in [5, 5.41) is 7.11. The molecule has 1 aromatic carbocycles. The lowest BCUT2D eigenvalue weighted by molar-refractivity contribution is 0.0947. The van der Waals surface area contributed by atoms with Crippen molar-refractivity contribution in [3.8, 4) is 11.3 Å². The highest BCUT2D eigenvalue weighted by molar-refractivity contribution is 9.10. The standard InChI is InChI=1S/C17H13BrClN3O2/c1-10-6-11(7-16(19)21-10)17(23)20-9-12-8-15(22-24-12)13-4-2-3-5-14(13)18/h2-8H,9H2,1H3,(H,20,23). The zero-order chi connectivity index (χ0) is 17.1. The molecule has 0 aliphatic heterocycles. The molecular weight excluding hydrogens is 394 g/mol. The van der Waals surface area contributed by atoms with Crippen LogP contribution in [-0.2, 0) is 6.54 Å². The van der Waals surface area contributed by atoms with E-state index in [-0.39, 0.29) is 17.6 Å². The summed E-state index contributed by atoms with van der Waals surface area (Å²) in [6.45, 7) is 2.01. The lowest BCUT2D eigenvalue weighted by Crippen LogP contribution is -2.22. The highest BCUT2D eigenvalue weighted by atomic mass is 79.9. The summed E-state index contributed by atoms with van der Waals surface area (Å²) in [6, 6.07) is 12.7. The molecule has 7 heteroatoms. The minimum absolute atomic E-state index is 0.231. The monoisotopic (exact) mass is 405 g/mol. The van der Waals surface area contributed by atoms with Crippen LogP contribution in [0.4, 0.5) is 0 Å². The van der Waals surface area contributed by atoms with Crippen LogP contribution >= 0.6 is 27.5 Å². The van der Waals surface area contributed by atoms with Gasteiger partial charge in [-0.2, -0.15) is 0 Å². The van der Waals surface area contributed by atoms with Gasteiger partial charge in [-0.15, -0.1) is 0 Å². The Morgan fingerprint density at radius 1 is 1.29 bits per heavy atom. The number of rotatable bonds is 4. The van der Waals surface area contributed by atoms with Gasteiger partial charge in [0, 0.05) is 27.4 Å². The van der Waals surface area contributed by atoms with Crippen LogP contribution in [0.5, 0.6) is 0 Å². The van der Waals surface area contributed by atoms with Gasteiger partial charge in [-0.05, 0) is 25.1 Å². The molecule has 1 amide bonds. The van der Waals surface area contributed by atoms with Crippen molar-refractivity contribution in [2.24, 2.45) is 0 Å². The van der Waals surface area contributed by atoms with Gasteiger partial charge in [-0.3, -0.25) is 4.79 Å². The summed E-state index contributed by atoms with van der Waals surface area (Å²) >= 11 is 9.35. The van der Waals surface area contributed by atoms with E-state index in [0.29, 0.717) is 22.7 Å². The highest BCUT2D eigenvalue weighted by Crippen LogP contribution is 2.27. The Balaban J connectivity index is 1.69. The number of halogens is 2. The van der Waals surface area contributed by atoms with Crippen molar-refractivity contribution in [1.82, 2.24) is 15.5 Å². The maximum atomic E-state index is 12.2. The van der Waals surface area contributed by atoms with Crippen LogP contribution in [0.3, 0.4) is 0 Å². The van der Waals surface area contributed by atoms with Crippen molar-refractivity contribution in [2.45, 2.75) is 13.5 Å². The fourth-order valence-corrected chi connectivity index (χ4v) is 2.96. The maximum absolute atomic E-state index is 12.2. The minimum atomic E-state index is -0.249. The summed E-state index contributed by atoms with van der Waals surface area (Å²) in [4.78, 5) is 16.2. The predicted molar refractivity (Wildman–Crippen MR) is 94.8 cm³/mol. The summed E-state index contributed by atoms with van der Waals surface area (Å²) in [7, 11) is 0. The number of nitrogens with one attached hydrogen (secondary N) is 1. The molecule has 0 unspecified atom stereocenters. The van der Waals surface area contributed by atoms with Gasteiger partial charge in [-0.25, -0.2) is 4.98 Å². The number of carbonyl (C=O) groups is 1. The lowest BCUT2D eigenvalue weighted by Gasteiger charge is -2.04. The van der Waals surface area contributed by atoms with E-state index in [4.69, 9.17) is 16.1 Å². The Kier molecular flexibility index (Phi) is 4.97. The Morgan fingerprint density at radius 2 is 2.08 bits per heavy atom. The summed E-state index contributed by atoms with van der Waals surface area (Å²) in [6.07, 6.45) is 0. The molecule has 3 aromatic rings. The second-order valence-electron chi connectivity index (χ2n) is 5.16. The molecule has 0 atom stereocenters. The number of pyridine rings is 1. The molecule has 2 aromatic heterocycles. The second-order valence-corrected chi connectivity index (χ2v) is 6.40. The molecule has 0 radical (unpaired) electrons. The fourth-order valence-electron chi connectivity index (χ4n) is 2.22. The van der Waals surface area contributed by atoms with Gasteiger partial charge in [0.1, 0.15) is 10.8 Å². The summed E-state index contributed by atoms with van der Waals surface area (Å²) in [5.41, 5.74) is 2.77. The number of hydrogen-bond acceptors (Lipinski definition) is 4. The van der Waals surface area contributed by atoms with E-state index >= 15 is 0 Å². The fraction of sp³-hybridized carbons (Fsp3) is 0.118.